The molecule has 2 saturated heterocycles. The Morgan fingerprint density at radius 1 is 1.08 bits per heavy atom. The highest BCUT2D eigenvalue weighted by Crippen LogP contribution is 2.37. The normalized spacial score (nSPS) is 25.2. The zero-order chi connectivity index (χ0) is 18.7. The van der Waals surface area contributed by atoms with Gasteiger partial charge in [-0.2, -0.15) is 5.10 Å². The Morgan fingerprint density at radius 3 is 2.35 bits per heavy atom. The third kappa shape index (κ3) is 2.75. The molecule has 1 atom stereocenters. The Hall–Kier alpha value is -1.51. The van der Waals surface area contributed by atoms with Crippen LogP contribution in [0.2, 0.25) is 0 Å². The van der Waals surface area contributed by atoms with Crippen LogP contribution in [0.3, 0.4) is 0 Å². The van der Waals surface area contributed by atoms with Crippen molar-refractivity contribution in [3.05, 3.63) is 23.8 Å². The van der Waals surface area contributed by atoms with Gasteiger partial charge in [-0.1, -0.05) is 0 Å². The summed E-state index contributed by atoms with van der Waals surface area (Å²) in [5.41, 5.74) is -0.159. The molecule has 2 aromatic rings. The lowest BCUT2D eigenvalue weighted by atomic mass is 9.82. The number of ether oxygens (including phenoxy) is 1. The van der Waals surface area contributed by atoms with Crippen LogP contribution < -0.4 is 5.59 Å². The van der Waals surface area contributed by atoms with E-state index in [1.807, 2.05) is 27.7 Å². The molecule has 140 valence electrons. The number of halogens is 2. The van der Waals surface area contributed by atoms with Crippen molar-refractivity contribution >= 4 is 23.6 Å². The molecule has 1 aromatic heterocycles. The number of rotatable bonds is 2. The topological polar surface area (TPSA) is 45.5 Å². The zero-order valence-corrected chi connectivity index (χ0v) is 15.5. The van der Waals surface area contributed by atoms with Crippen molar-refractivity contribution in [1.29, 1.82) is 0 Å². The summed E-state index contributed by atoms with van der Waals surface area (Å²) in [6.45, 7) is 8.39. The SMILES string of the molecule is CC1(C)OB(c2nn(C3CCCCO3)c3cc(F)c(F)cc23)OC1(C)C. The molecule has 3 heterocycles. The second kappa shape index (κ2) is 6.01. The molecular formula is C18H23BF2N2O3. The van der Waals surface area contributed by atoms with Crippen LogP contribution in [0.1, 0.15) is 53.2 Å². The fourth-order valence-corrected chi connectivity index (χ4v) is 3.42. The summed E-state index contributed by atoms with van der Waals surface area (Å²) in [6.07, 6.45) is 2.47. The van der Waals surface area contributed by atoms with Crippen LogP contribution in [-0.2, 0) is 14.0 Å². The van der Waals surface area contributed by atoms with Gasteiger partial charge in [0, 0.05) is 18.1 Å². The number of hydrogen-bond acceptors (Lipinski definition) is 4. The number of nitrogens with zero attached hydrogens (tertiary/aromatic N) is 2. The molecule has 0 bridgehead atoms. The predicted molar refractivity (Wildman–Crippen MR) is 94.2 cm³/mol. The highest BCUT2D eigenvalue weighted by atomic mass is 19.2. The number of hydrogen-bond donors (Lipinski definition) is 0. The minimum atomic E-state index is -0.917. The van der Waals surface area contributed by atoms with Gasteiger partial charge in [0.15, 0.2) is 17.9 Å². The molecule has 5 nitrogen and oxygen atoms in total. The third-order valence-electron chi connectivity index (χ3n) is 5.68. The van der Waals surface area contributed by atoms with E-state index in [4.69, 9.17) is 14.0 Å². The maximum Gasteiger partial charge on any atom is 0.517 e. The van der Waals surface area contributed by atoms with Gasteiger partial charge in [0.1, 0.15) is 5.59 Å². The zero-order valence-electron chi connectivity index (χ0n) is 15.5. The summed E-state index contributed by atoms with van der Waals surface area (Å²) in [4.78, 5) is 0. The van der Waals surface area contributed by atoms with E-state index in [1.54, 1.807) is 4.68 Å². The highest BCUT2D eigenvalue weighted by Gasteiger charge is 2.53. The van der Waals surface area contributed by atoms with E-state index in [9.17, 15) is 8.78 Å². The van der Waals surface area contributed by atoms with Gasteiger partial charge < -0.3 is 14.0 Å². The van der Waals surface area contributed by atoms with E-state index in [0.717, 1.165) is 25.3 Å². The van der Waals surface area contributed by atoms with Crippen molar-refractivity contribution in [2.45, 2.75) is 64.4 Å². The minimum Gasteiger partial charge on any atom is -0.398 e. The molecule has 26 heavy (non-hydrogen) atoms. The van der Waals surface area contributed by atoms with Gasteiger partial charge in [0.25, 0.3) is 0 Å². The second-order valence-electron chi connectivity index (χ2n) is 8.02. The molecular weight excluding hydrogens is 341 g/mol. The first-order valence-electron chi connectivity index (χ1n) is 9.04. The van der Waals surface area contributed by atoms with E-state index in [-0.39, 0.29) is 6.23 Å². The van der Waals surface area contributed by atoms with Crippen LogP contribution in [0.15, 0.2) is 12.1 Å². The standard InChI is InChI=1S/C18H23BF2N2O3/c1-17(2)18(3,4)26-19(25-17)16-11-9-12(20)13(21)10-14(11)23(22-16)15-7-5-6-8-24-15/h9-10,15H,5-8H2,1-4H3. The van der Waals surface area contributed by atoms with Gasteiger partial charge in [-0.25, -0.2) is 13.5 Å². The molecule has 2 aliphatic heterocycles. The van der Waals surface area contributed by atoms with Crippen LogP contribution in [0.25, 0.3) is 10.9 Å². The first-order valence-corrected chi connectivity index (χ1v) is 9.04. The van der Waals surface area contributed by atoms with E-state index >= 15 is 0 Å². The Morgan fingerprint density at radius 2 is 1.73 bits per heavy atom. The quantitative estimate of drug-likeness (QED) is 0.767. The van der Waals surface area contributed by atoms with Crippen LogP contribution >= 0.6 is 0 Å². The molecule has 1 unspecified atom stereocenters. The van der Waals surface area contributed by atoms with Crippen molar-refractivity contribution in [3.8, 4) is 0 Å². The van der Waals surface area contributed by atoms with Gasteiger partial charge in [0.05, 0.1) is 16.7 Å². The van der Waals surface area contributed by atoms with Crippen LogP contribution in [0, 0.1) is 11.6 Å². The first-order chi connectivity index (χ1) is 12.2. The lowest BCUT2D eigenvalue weighted by Crippen LogP contribution is -2.41. The fourth-order valence-electron chi connectivity index (χ4n) is 3.42. The molecule has 0 spiro atoms. The molecule has 8 heteroatoms. The predicted octanol–water partition coefficient (Wildman–Crippen LogP) is 3.31. The Kier molecular flexibility index (Phi) is 4.13. The third-order valence-corrected chi connectivity index (χ3v) is 5.68. The largest absolute Gasteiger partial charge is 0.517 e. The first kappa shape index (κ1) is 17.9. The maximum atomic E-state index is 13.9. The summed E-state index contributed by atoms with van der Waals surface area (Å²) in [5.74, 6) is -1.82. The Bertz CT molecular complexity index is 831. The summed E-state index contributed by atoms with van der Waals surface area (Å²) < 4.78 is 47.4. The minimum absolute atomic E-state index is 0.299. The van der Waals surface area contributed by atoms with Crippen molar-refractivity contribution in [2.75, 3.05) is 6.61 Å². The fraction of sp³-hybridized carbons (Fsp3) is 0.611. The van der Waals surface area contributed by atoms with Gasteiger partial charge >= 0.3 is 7.12 Å². The van der Waals surface area contributed by atoms with Gasteiger partial charge in [-0.3, -0.25) is 0 Å². The second-order valence-corrected chi connectivity index (χ2v) is 8.02. The lowest BCUT2D eigenvalue weighted by molar-refractivity contribution is -0.0365. The maximum absolute atomic E-state index is 13.9. The molecule has 0 aliphatic carbocycles. The summed E-state index contributed by atoms with van der Waals surface area (Å²) >= 11 is 0. The molecule has 0 amide bonds. The highest BCUT2D eigenvalue weighted by molar-refractivity contribution is 6.64. The summed E-state index contributed by atoms with van der Waals surface area (Å²) in [7, 11) is -0.753. The van der Waals surface area contributed by atoms with Crippen molar-refractivity contribution in [2.24, 2.45) is 0 Å². The van der Waals surface area contributed by atoms with Gasteiger partial charge in [0.2, 0.25) is 0 Å². The smallest absolute Gasteiger partial charge is 0.398 e. The summed E-state index contributed by atoms with van der Waals surface area (Å²) in [5, 5.41) is 5.10. The van der Waals surface area contributed by atoms with Gasteiger partial charge in [-0.15, -0.1) is 0 Å². The number of benzene rings is 1. The van der Waals surface area contributed by atoms with Gasteiger partial charge in [-0.05, 0) is 53.0 Å². The average Bonchev–Trinajstić information content (AvgIpc) is 3.03. The van der Waals surface area contributed by atoms with Crippen molar-refractivity contribution < 1.29 is 22.8 Å². The molecule has 0 saturated carbocycles. The molecule has 4 rings (SSSR count). The Balaban J connectivity index is 1.83. The summed E-state index contributed by atoms with van der Waals surface area (Å²) in [6, 6.07) is 2.34. The number of aromatic nitrogens is 2. The molecule has 1 aromatic carbocycles. The molecule has 2 fully saturated rings. The Labute approximate surface area is 151 Å². The van der Waals surface area contributed by atoms with Crippen LogP contribution in [0.4, 0.5) is 8.78 Å². The molecule has 2 aliphatic rings. The van der Waals surface area contributed by atoms with E-state index in [0.29, 0.717) is 23.1 Å². The van der Waals surface area contributed by atoms with E-state index < -0.39 is 30.0 Å². The average molecular weight is 364 g/mol. The van der Waals surface area contributed by atoms with Crippen LogP contribution in [0.5, 0.6) is 0 Å². The van der Waals surface area contributed by atoms with E-state index in [2.05, 4.69) is 5.10 Å². The van der Waals surface area contributed by atoms with Crippen molar-refractivity contribution in [1.82, 2.24) is 9.78 Å². The molecule has 0 radical (unpaired) electrons. The van der Waals surface area contributed by atoms with E-state index in [1.165, 1.54) is 6.07 Å². The number of fused-ring (bicyclic) bond motifs is 1. The van der Waals surface area contributed by atoms with Crippen molar-refractivity contribution in [3.63, 3.8) is 0 Å². The van der Waals surface area contributed by atoms with Crippen LogP contribution in [-0.4, -0.2) is 34.7 Å². The lowest BCUT2D eigenvalue weighted by Gasteiger charge is -2.32. The monoisotopic (exact) mass is 364 g/mol. The molecule has 0 N–H and O–H groups in total.